The molecule has 0 aromatic heterocycles. The molecule has 0 fully saturated rings. The Bertz CT molecular complexity index is 335. The number of methoxy groups -OCH3 is 1. The molecule has 3 N–H and O–H groups in total. The second-order valence-electron chi connectivity index (χ2n) is 3.56. The van der Waals surface area contributed by atoms with E-state index < -0.39 is 6.04 Å². The van der Waals surface area contributed by atoms with Crippen LogP contribution < -0.4 is 11.1 Å². The van der Waals surface area contributed by atoms with Gasteiger partial charge in [-0.05, 0) is 31.0 Å². The number of nitrogens with two attached hydrogens (primary N) is 1. The molecule has 0 aliphatic carbocycles. The number of nitrogens with one attached hydrogen (secondary N) is 1. The van der Waals surface area contributed by atoms with Crippen LogP contribution in [0.5, 0.6) is 0 Å². The average molecular weight is 222 g/mol. The van der Waals surface area contributed by atoms with Crippen molar-refractivity contribution in [2.45, 2.75) is 19.4 Å². The summed E-state index contributed by atoms with van der Waals surface area (Å²) in [5.74, 6) is -0.379. The Morgan fingerprint density at radius 1 is 1.44 bits per heavy atom. The molecule has 0 heterocycles. The van der Waals surface area contributed by atoms with E-state index in [-0.39, 0.29) is 5.97 Å². The van der Waals surface area contributed by atoms with E-state index in [1.54, 1.807) is 0 Å². The van der Waals surface area contributed by atoms with Crippen LogP contribution >= 0.6 is 0 Å². The third kappa shape index (κ3) is 3.55. The number of benzene rings is 1. The zero-order valence-electron chi connectivity index (χ0n) is 9.69. The van der Waals surface area contributed by atoms with Gasteiger partial charge < -0.3 is 15.8 Å². The SMILES string of the molecule is CCNc1ccc(CC(N)C(=O)OC)cc1. The number of carbonyl (C=O) groups excluding carboxylic acids is 1. The van der Waals surface area contributed by atoms with E-state index in [1.807, 2.05) is 31.2 Å². The minimum absolute atomic E-state index is 0.379. The first-order valence-corrected chi connectivity index (χ1v) is 5.33. The molecule has 4 nitrogen and oxygen atoms in total. The number of ether oxygens (including phenoxy) is 1. The highest BCUT2D eigenvalue weighted by molar-refractivity contribution is 5.75. The van der Waals surface area contributed by atoms with Gasteiger partial charge in [0.25, 0.3) is 0 Å². The van der Waals surface area contributed by atoms with E-state index in [9.17, 15) is 4.79 Å². The minimum atomic E-state index is -0.588. The fourth-order valence-corrected chi connectivity index (χ4v) is 1.45. The van der Waals surface area contributed by atoms with Crippen molar-refractivity contribution in [1.82, 2.24) is 0 Å². The van der Waals surface area contributed by atoms with E-state index in [1.165, 1.54) is 7.11 Å². The Morgan fingerprint density at radius 2 is 2.06 bits per heavy atom. The van der Waals surface area contributed by atoms with Gasteiger partial charge in [-0.15, -0.1) is 0 Å². The second-order valence-corrected chi connectivity index (χ2v) is 3.56. The molecule has 16 heavy (non-hydrogen) atoms. The van der Waals surface area contributed by atoms with Crippen molar-refractivity contribution in [2.75, 3.05) is 19.0 Å². The van der Waals surface area contributed by atoms with Crippen molar-refractivity contribution in [3.63, 3.8) is 0 Å². The van der Waals surface area contributed by atoms with E-state index in [0.29, 0.717) is 6.42 Å². The van der Waals surface area contributed by atoms with Gasteiger partial charge in [0.05, 0.1) is 7.11 Å². The molecule has 1 atom stereocenters. The molecule has 0 aliphatic heterocycles. The molecule has 88 valence electrons. The largest absolute Gasteiger partial charge is 0.468 e. The molecule has 0 bridgehead atoms. The number of esters is 1. The Kier molecular flexibility index (Phi) is 4.79. The molecule has 4 heteroatoms. The van der Waals surface area contributed by atoms with Gasteiger partial charge in [0.15, 0.2) is 0 Å². The van der Waals surface area contributed by atoms with Gasteiger partial charge in [-0.2, -0.15) is 0 Å². The van der Waals surface area contributed by atoms with Crippen LogP contribution in [0.3, 0.4) is 0 Å². The number of hydrogen-bond acceptors (Lipinski definition) is 4. The summed E-state index contributed by atoms with van der Waals surface area (Å²) in [4.78, 5) is 11.1. The summed E-state index contributed by atoms with van der Waals surface area (Å²) in [6.07, 6.45) is 0.499. The second kappa shape index (κ2) is 6.12. The van der Waals surface area contributed by atoms with Crippen LogP contribution in [-0.4, -0.2) is 25.7 Å². The van der Waals surface area contributed by atoms with Crippen molar-refractivity contribution in [2.24, 2.45) is 5.73 Å². The van der Waals surface area contributed by atoms with Crippen molar-refractivity contribution >= 4 is 11.7 Å². The molecule has 1 unspecified atom stereocenters. The molecule has 0 aliphatic rings. The lowest BCUT2D eigenvalue weighted by Gasteiger charge is -2.10. The van der Waals surface area contributed by atoms with Crippen molar-refractivity contribution in [1.29, 1.82) is 0 Å². The predicted molar refractivity (Wildman–Crippen MR) is 64.3 cm³/mol. The van der Waals surface area contributed by atoms with Crippen LogP contribution in [0, 0.1) is 0 Å². The monoisotopic (exact) mass is 222 g/mol. The van der Waals surface area contributed by atoms with Crippen LogP contribution in [0.4, 0.5) is 5.69 Å². The highest BCUT2D eigenvalue weighted by Gasteiger charge is 2.13. The summed E-state index contributed by atoms with van der Waals surface area (Å²) >= 11 is 0. The van der Waals surface area contributed by atoms with Crippen LogP contribution in [0.25, 0.3) is 0 Å². The van der Waals surface area contributed by atoms with Gasteiger partial charge in [-0.1, -0.05) is 12.1 Å². The molecule has 0 saturated carbocycles. The molecular formula is C12H18N2O2. The number of hydrogen-bond donors (Lipinski definition) is 2. The number of carbonyl (C=O) groups is 1. The lowest BCUT2D eigenvalue weighted by atomic mass is 10.1. The van der Waals surface area contributed by atoms with Crippen LogP contribution in [0.1, 0.15) is 12.5 Å². The van der Waals surface area contributed by atoms with Crippen molar-refractivity contribution in [3.05, 3.63) is 29.8 Å². The lowest BCUT2D eigenvalue weighted by molar-refractivity contribution is -0.142. The Hall–Kier alpha value is -1.55. The van der Waals surface area contributed by atoms with Gasteiger partial charge in [-0.3, -0.25) is 4.79 Å². The summed E-state index contributed by atoms with van der Waals surface area (Å²) < 4.78 is 4.57. The molecule has 0 spiro atoms. The van der Waals surface area contributed by atoms with E-state index in [0.717, 1.165) is 17.8 Å². The Morgan fingerprint density at radius 3 is 2.56 bits per heavy atom. The average Bonchev–Trinajstić information content (AvgIpc) is 2.31. The van der Waals surface area contributed by atoms with Gasteiger partial charge >= 0.3 is 5.97 Å². The Balaban J connectivity index is 2.58. The van der Waals surface area contributed by atoms with E-state index in [2.05, 4.69) is 10.1 Å². The highest BCUT2D eigenvalue weighted by atomic mass is 16.5. The van der Waals surface area contributed by atoms with E-state index >= 15 is 0 Å². The molecule has 1 aromatic rings. The molecular weight excluding hydrogens is 204 g/mol. The first-order valence-electron chi connectivity index (χ1n) is 5.33. The van der Waals surface area contributed by atoms with Crippen molar-refractivity contribution < 1.29 is 9.53 Å². The molecule has 0 radical (unpaired) electrons. The molecule has 0 amide bonds. The van der Waals surface area contributed by atoms with Gasteiger partial charge in [-0.25, -0.2) is 0 Å². The number of rotatable bonds is 5. The van der Waals surface area contributed by atoms with Gasteiger partial charge in [0, 0.05) is 12.2 Å². The summed E-state index contributed by atoms with van der Waals surface area (Å²) in [6.45, 7) is 2.93. The van der Waals surface area contributed by atoms with Gasteiger partial charge in [0.2, 0.25) is 0 Å². The fourth-order valence-electron chi connectivity index (χ4n) is 1.45. The lowest BCUT2D eigenvalue weighted by Crippen LogP contribution is -2.33. The standard InChI is InChI=1S/C12H18N2O2/c1-3-14-10-6-4-9(5-7-10)8-11(13)12(15)16-2/h4-7,11,14H,3,8,13H2,1-2H3. The quantitative estimate of drug-likeness (QED) is 0.734. The highest BCUT2D eigenvalue weighted by Crippen LogP contribution is 2.10. The zero-order chi connectivity index (χ0) is 12.0. The first kappa shape index (κ1) is 12.5. The third-order valence-corrected chi connectivity index (χ3v) is 2.29. The van der Waals surface area contributed by atoms with Gasteiger partial charge in [0.1, 0.15) is 6.04 Å². The topological polar surface area (TPSA) is 64.3 Å². The number of anilines is 1. The Labute approximate surface area is 95.8 Å². The fraction of sp³-hybridized carbons (Fsp3) is 0.417. The van der Waals surface area contributed by atoms with Crippen LogP contribution in [-0.2, 0) is 16.0 Å². The maximum absolute atomic E-state index is 11.1. The molecule has 1 aromatic carbocycles. The predicted octanol–water partition coefficient (Wildman–Crippen LogP) is 1.16. The summed E-state index contributed by atoms with van der Waals surface area (Å²) in [5.41, 5.74) is 7.76. The zero-order valence-corrected chi connectivity index (χ0v) is 9.69. The van der Waals surface area contributed by atoms with Crippen LogP contribution in [0.2, 0.25) is 0 Å². The molecule has 0 saturated heterocycles. The maximum Gasteiger partial charge on any atom is 0.322 e. The summed E-state index contributed by atoms with van der Waals surface area (Å²) in [6, 6.07) is 7.28. The van der Waals surface area contributed by atoms with E-state index in [4.69, 9.17) is 5.73 Å². The normalized spacial score (nSPS) is 11.9. The van der Waals surface area contributed by atoms with Crippen molar-refractivity contribution in [3.8, 4) is 0 Å². The molecule has 1 rings (SSSR count). The maximum atomic E-state index is 11.1. The summed E-state index contributed by atoms with van der Waals surface area (Å²) in [5, 5.41) is 3.20. The van der Waals surface area contributed by atoms with Crippen LogP contribution in [0.15, 0.2) is 24.3 Å². The minimum Gasteiger partial charge on any atom is -0.468 e. The smallest absolute Gasteiger partial charge is 0.322 e. The first-order chi connectivity index (χ1) is 7.67. The summed E-state index contributed by atoms with van der Waals surface area (Å²) in [7, 11) is 1.34. The third-order valence-electron chi connectivity index (χ3n) is 2.29.